The Hall–Kier alpha value is -2.69. The van der Waals surface area contributed by atoms with Gasteiger partial charge in [-0.1, -0.05) is 37.3 Å². The van der Waals surface area contributed by atoms with Gasteiger partial charge in [0.05, 0.1) is 12.1 Å². The first-order chi connectivity index (χ1) is 11.1. The van der Waals surface area contributed by atoms with Crippen LogP contribution in [0.2, 0.25) is 0 Å². The van der Waals surface area contributed by atoms with E-state index in [0.717, 1.165) is 22.6 Å². The quantitative estimate of drug-likeness (QED) is 0.882. The van der Waals surface area contributed by atoms with Crippen LogP contribution in [0.1, 0.15) is 18.9 Å². The fraction of sp³-hybridized carbons (Fsp3) is 0.222. The highest BCUT2D eigenvalue weighted by molar-refractivity contribution is 6.23. The van der Waals surface area contributed by atoms with Crippen molar-refractivity contribution in [3.8, 4) is 0 Å². The maximum Gasteiger partial charge on any atom is 0.256 e. The minimum absolute atomic E-state index is 0.00979. The lowest BCUT2D eigenvalue weighted by Crippen LogP contribution is -2.35. The van der Waals surface area contributed by atoms with E-state index in [0.29, 0.717) is 0 Å². The molecule has 0 radical (unpaired) electrons. The lowest BCUT2D eigenvalue weighted by Gasteiger charge is -2.17. The molecule has 1 atom stereocenters. The normalized spacial score (nSPS) is 17.7. The van der Waals surface area contributed by atoms with Crippen molar-refractivity contribution in [1.29, 1.82) is 0 Å². The van der Waals surface area contributed by atoms with Crippen molar-refractivity contribution in [2.75, 3.05) is 10.2 Å². The number of amides is 2. The molecule has 118 valence electrons. The van der Waals surface area contributed by atoms with Gasteiger partial charge in [-0.3, -0.25) is 9.59 Å². The number of benzene rings is 2. The molecule has 1 saturated heterocycles. The van der Waals surface area contributed by atoms with Crippen molar-refractivity contribution < 1.29 is 14.0 Å². The molecule has 0 bridgehead atoms. The molecule has 0 unspecified atom stereocenters. The molecule has 2 aromatic rings. The zero-order valence-electron chi connectivity index (χ0n) is 12.8. The SMILES string of the molecule is CCc1ccccc1N[C@@H]1CC(=O)N(c2ccccc2F)C1=O. The predicted octanol–water partition coefficient (Wildman–Crippen LogP) is 3.13. The monoisotopic (exact) mass is 312 g/mol. The van der Waals surface area contributed by atoms with Gasteiger partial charge in [-0.25, -0.2) is 9.29 Å². The van der Waals surface area contributed by atoms with Crippen LogP contribution in [0, 0.1) is 5.82 Å². The van der Waals surface area contributed by atoms with Crippen LogP contribution in [-0.4, -0.2) is 17.9 Å². The number of anilines is 2. The third-order valence-corrected chi connectivity index (χ3v) is 3.97. The Balaban J connectivity index is 1.86. The number of nitrogens with one attached hydrogen (secondary N) is 1. The van der Waals surface area contributed by atoms with Crippen LogP contribution in [0.5, 0.6) is 0 Å². The van der Waals surface area contributed by atoms with Crippen molar-refractivity contribution in [2.45, 2.75) is 25.8 Å². The van der Waals surface area contributed by atoms with Gasteiger partial charge in [-0.05, 0) is 30.2 Å². The number of aryl methyl sites for hydroxylation is 1. The summed E-state index contributed by atoms with van der Waals surface area (Å²) >= 11 is 0. The summed E-state index contributed by atoms with van der Waals surface area (Å²) in [5.74, 6) is -1.40. The smallest absolute Gasteiger partial charge is 0.256 e. The van der Waals surface area contributed by atoms with E-state index in [2.05, 4.69) is 5.32 Å². The number of imide groups is 1. The summed E-state index contributed by atoms with van der Waals surface area (Å²) in [6.07, 6.45) is 0.834. The molecular formula is C18H17FN2O2. The summed E-state index contributed by atoms with van der Waals surface area (Å²) in [5.41, 5.74) is 1.91. The zero-order chi connectivity index (χ0) is 16.4. The summed E-state index contributed by atoms with van der Waals surface area (Å²) in [4.78, 5) is 25.7. The fourth-order valence-electron chi connectivity index (χ4n) is 2.79. The van der Waals surface area contributed by atoms with Gasteiger partial charge in [0.2, 0.25) is 5.91 Å². The molecule has 0 saturated carbocycles. The van der Waals surface area contributed by atoms with Gasteiger partial charge in [0.1, 0.15) is 11.9 Å². The van der Waals surface area contributed by atoms with Gasteiger partial charge in [0.25, 0.3) is 5.91 Å². The van der Waals surface area contributed by atoms with Crippen molar-refractivity contribution in [3.05, 3.63) is 59.9 Å². The lowest BCUT2D eigenvalue weighted by atomic mass is 10.1. The van der Waals surface area contributed by atoms with E-state index < -0.39 is 23.7 Å². The summed E-state index contributed by atoms with van der Waals surface area (Å²) in [7, 11) is 0. The van der Waals surface area contributed by atoms with Crippen molar-refractivity contribution in [3.63, 3.8) is 0 Å². The maximum atomic E-state index is 13.9. The van der Waals surface area contributed by atoms with Gasteiger partial charge in [-0.15, -0.1) is 0 Å². The van der Waals surface area contributed by atoms with E-state index in [9.17, 15) is 14.0 Å². The van der Waals surface area contributed by atoms with Crippen LogP contribution in [0.25, 0.3) is 0 Å². The molecule has 2 aromatic carbocycles. The number of halogens is 1. The van der Waals surface area contributed by atoms with Crippen molar-refractivity contribution >= 4 is 23.2 Å². The topological polar surface area (TPSA) is 49.4 Å². The molecule has 4 nitrogen and oxygen atoms in total. The van der Waals surface area contributed by atoms with E-state index in [4.69, 9.17) is 0 Å². The van der Waals surface area contributed by atoms with Crippen LogP contribution in [0.4, 0.5) is 15.8 Å². The summed E-state index contributed by atoms with van der Waals surface area (Å²) in [5, 5.41) is 3.13. The van der Waals surface area contributed by atoms with Crippen LogP contribution in [-0.2, 0) is 16.0 Å². The Bertz CT molecular complexity index is 760. The van der Waals surface area contributed by atoms with Crippen molar-refractivity contribution in [2.24, 2.45) is 0 Å². The highest BCUT2D eigenvalue weighted by atomic mass is 19.1. The number of para-hydroxylation sites is 2. The second kappa shape index (κ2) is 6.20. The molecule has 3 rings (SSSR count). The lowest BCUT2D eigenvalue weighted by molar-refractivity contribution is -0.121. The molecule has 2 amide bonds. The number of rotatable bonds is 4. The van der Waals surface area contributed by atoms with E-state index in [1.54, 1.807) is 6.07 Å². The number of carbonyl (C=O) groups excluding carboxylic acids is 2. The Morgan fingerprint density at radius 3 is 2.57 bits per heavy atom. The van der Waals surface area contributed by atoms with E-state index >= 15 is 0 Å². The highest BCUT2D eigenvalue weighted by Gasteiger charge is 2.40. The van der Waals surface area contributed by atoms with Crippen LogP contribution in [0.3, 0.4) is 0 Å². The summed E-state index contributed by atoms with van der Waals surface area (Å²) < 4.78 is 13.9. The number of hydrogen-bond acceptors (Lipinski definition) is 3. The van der Waals surface area contributed by atoms with Gasteiger partial charge in [0, 0.05) is 5.69 Å². The molecule has 0 aromatic heterocycles. The van der Waals surface area contributed by atoms with Gasteiger partial charge in [0.15, 0.2) is 0 Å². The Morgan fingerprint density at radius 2 is 1.83 bits per heavy atom. The summed E-state index contributed by atoms with van der Waals surface area (Å²) in [6.45, 7) is 2.02. The van der Waals surface area contributed by atoms with Gasteiger partial charge >= 0.3 is 0 Å². The first-order valence-corrected chi connectivity index (χ1v) is 7.57. The molecule has 1 fully saturated rings. The summed E-state index contributed by atoms with van der Waals surface area (Å²) in [6, 6.07) is 12.8. The van der Waals surface area contributed by atoms with E-state index in [1.165, 1.54) is 18.2 Å². The van der Waals surface area contributed by atoms with E-state index in [-0.39, 0.29) is 12.1 Å². The minimum atomic E-state index is -0.671. The first kappa shape index (κ1) is 15.2. The Morgan fingerprint density at radius 1 is 1.13 bits per heavy atom. The molecule has 0 aliphatic carbocycles. The van der Waals surface area contributed by atoms with Crippen LogP contribution < -0.4 is 10.2 Å². The second-order valence-electron chi connectivity index (χ2n) is 5.43. The second-order valence-corrected chi connectivity index (χ2v) is 5.43. The maximum absolute atomic E-state index is 13.9. The van der Waals surface area contributed by atoms with Crippen molar-refractivity contribution in [1.82, 2.24) is 0 Å². The average molecular weight is 312 g/mol. The zero-order valence-corrected chi connectivity index (χ0v) is 12.8. The van der Waals surface area contributed by atoms with E-state index in [1.807, 2.05) is 31.2 Å². The molecular weight excluding hydrogens is 295 g/mol. The molecule has 1 heterocycles. The first-order valence-electron chi connectivity index (χ1n) is 7.57. The van der Waals surface area contributed by atoms with Gasteiger partial charge in [-0.2, -0.15) is 0 Å². The molecule has 1 N–H and O–H groups in total. The Kier molecular flexibility index (Phi) is 4.10. The number of carbonyl (C=O) groups is 2. The third kappa shape index (κ3) is 2.82. The number of hydrogen-bond donors (Lipinski definition) is 1. The molecule has 1 aliphatic heterocycles. The standard InChI is InChI=1S/C18H17FN2O2/c1-2-12-7-3-5-9-14(12)20-15-11-17(22)21(18(15)23)16-10-6-4-8-13(16)19/h3-10,15,20H,2,11H2,1H3/t15-/m1/s1. The number of nitrogens with zero attached hydrogens (tertiary/aromatic N) is 1. The molecule has 23 heavy (non-hydrogen) atoms. The predicted molar refractivity (Wildman–Crippen MR) is 86.7 cm³/mol. The van der Waals surface area contributed by atoms with Gasteiger partial charge < -0.3 is 5.32 Å². The Labute approximate surface area is 133 Å². The minimum Gasteiger partial charge on any atom is -0.373 e. The van der Waals surface area contributed by atoms with Crippen LogP contribution >= 0.6 is 0 Å². The average Bonchev–Trinajstić information content (AvgIpc) is 2.83. The molecule has 0 spiro atoms. The highest BCUT2D eigenvalue weighted by Crippen LogP contribution is 2.27. The molecule has 1 aliphatic rings. The fourth-order valence-corrected chi connectivity index (χ4v) is 2.79. The third-order valence-electron chi connectivity index (χ3n) is 3.97. The van der Waals surface area contributed by atoms with Crippen LogP contribution in [0.15, 0.2) is 48.5 Å². The molecule has 5 heteroatoms. The largest absolute Gasteiger partial charge is 0.373 e.